The van der Waals surface area contributed by atoms with Crippen molar-refractivity contribution in [1.29, 1.82) is 0 Å². The third-order valence-electron chi connectivity index (χ3n) is 2.66. The highest BCUT2D eigenvalue weighted by atomic mass is 79.9. The van der Waals surface area contributed by atoms with Crippen molar-refractivity contribution in [1.82, 2.24) is 15.0 Å². The molecule has 0 radical (unpaired) electrons. The molecule has 2 rings (SSSR count). The molecule has 1 aromatic carbocycles. The average molecular weight is 360 g/mol. The molecule has 0 amide bonds. The minimum atomic E-state index is -0.240. The van der Waals surface area contributed by atoms with Crippen molar-refractivity contribution in [3.8, 4) is 0 Å². The van der Waals surface area contributed by atoms with E-state index in [1.807, 2.05) is 26.1 Å². The van der Waals surface area contributed by atoms with Gasteiger partial charge in [0.2, 0.25) is 0 Å². The molecular weight excluding hydrogens is 348 g/mol. The summed E-state index contributed by atoms with van der Waals surface area (Å²) in [5.74, 6) is 0. The minimum Gasteiger partial charge on any atom is -0.319 e. The molecule has 0 fully saturated rings. The standard InChI is InChI=1S/C11H12Br2N4/c1-6-5-7(3-4-8(6)12)9(14)10-11(13)15-16-17(10)2/h3-5,9H,14H2,1-2H3. The van der Waals surface area contributed by atoms with Gasteiger partial charge in [-0.15, -0.1) is 5.10 Å². The summed E-state index contributed by atoms with van der Waals surface area (Å²) in [6.45, 7) is 2.04. The number of hydrogen-bond acceptors (Lipinski definition) is 3. The number of halogens is 2. The Balaban J connectivity index is 2.43. The fourth-order valence-electron chi connectivity index (χ4n) is 1.69. The van der Waals surface area contributed by atoms with Crippen LogP contribution in [0.5, 0.6) is 0 Å². The third-order valence-corrected chi connectivity index (χ3v) is 4.12. The van der Waals surface area contributed by atoms with E-state index in [2.05, 4.69) is 48.2 Å². The summed E-state index contributed by atoms with van der Waals surface area (Å²) in [6.07, 6.45) is 0. The number of nitrogens with two attached hydrogens (primary N) is 1. The Hall–Kier alpha value is -0.720. The van der Waals surface area contributed by atoms with Crippen LogP contribution >= 0.6 is 31.9 Å². The number of aromatic nitrogens is 3. The van der Waals surface area contributed by atoms with Crippen LogP contribution in [0.4, 0.5) is 0 Å². The zero-order valence-electron chi connectivity index (χ0n) is 9.48. The van der Waals surface area contributed by atoms with Gasteiger partial charge in [-0.3, -0.25) is 0 Å². The van der Waals surface area contributed by atoms with E-state index in [1.165, 1.54) is 0 Å². The van der Waals surface area contributed by atoms with E-state index in [-0.39, 0.29) is 6.04 Å². The third kappa shape index (κ3) is 2.43. The van der Waals surface area contributed by atoms with Crippen LogP contribution in [-0.2, 0) is 7.05 Å². The van der Waals surface area contributed by atoms with Crippen LogP contribution in [0.25, 0.3) is 0 Å². The highest BCUT2D eigenvalue weighted by Crippen LogP contribution is 2.27. The fraction of sp³-hybridized carbons (Fsp3) is 0.273. The summed E-state index contributed by atoms with van der Waals surface area (Å²) in [5, 5.41) is 7.88. The molecule has 1 atom stereocenters. The largest absolute Gasteiger partial charge is 0.319 e. The summed E-state index contributed by atoms with van der Waals surface area (Å²) in [6, 6.07) is 5.83. The molecule has 2 N–H and O–H groups in total. The predicted octanol–water partition coefficient (Wildman–Crippen LogP) is 2.70. The van der Waals surface area contributed by atoms with Crippen molar-refractivity contribution < 1.29 is 0 Å². The lowest BCUT2D eigenvalue weighted by atomic mass is 10.0. The summed E-state index contributed by atoms with van der Waals surface area (Å²) in [5.41, 5.74) is 9.30. The molecule has 0 saturated heterocycles. The smallest absolute Gasteiger partial charge is 0.153 e. The zero-order chi connectivity index (χ0) is 12.6. The maximum absolute atomic E-state index is 6.24. The second-order valence-corrected chi connectivity index (χ2v) is 5.48. The van der Waals surface area contributed by atoms with Crippen LogP contribution in [0.2, 0.25) is 0 Å². The zero-order valence-corrected chi connectivity index (χ0v) is 12.7. The molecule has 0 aliphatic rings. The quantitative estimate of drug-likeness (QED) is 0.896. The topological polar surface area (TPSA) is 56.7 Å². The molecule has 1 heterocycles. The minimum absolute atomic E-state index is 0.240. The number of rotatable bonds is 2. The van der Waals surface area contributed by atoms with Gasteiger partial charge in [-0.1, -0.05) is 33.3 Å². The first-order chi connectivity index (χ1) is 8.00. The molecule has 0 aliphatic heterocycles. The van der Waals surface area contributed by atoms with Crippen molar-refractivity contribution in [3.05, 3.63) is 44.1 Å². The van der Waals surface area contributed by atoms with Crippen LogP contribution in [0.3, 0.4) is 0 Å². The predicted molar refractivity (Wildman–Crippen MR) is 73.6 cm³/mol. The number of benzene rings is 1. The molecule has 1 aromatic heterocycles. The van der Waals surface area contributed by atoms with Crippen LogP contribution in [0.1, 0.15) is 22.9 Å². The Labute approximate surface area is 116 Å². The van der Waals surface area contributed by atoms with Crippen LogP contribution in [0, 0.1) is 6.92 Å². The van der Waals surface area contributed by atoms with Crippen molar-refractivity contribution in [2.45, 2.75) is 13.0 Å². The Morgan fingerprint density at radius 3 is 2.59 bits per heavy atom. The highest BCUT2D eigenvalue weighted by Gasteiger charge is 2.18. The Morgan fingerprint density at radius 2 is 2.06 bits per heavy atom. The van der Waals surface area contributed by atoms with Gasteiger partial charge in [-0.2, -0.15) is 0 Å². The molecule has 6 heteroatoms. The molecule has 0 saturated carbocycles. The number of hydrogen-bond donors (Lipinski definition) is 1. The maximum Gasteiger partial charge on any atom is 0.153 e. The first-order valence-corrected chi connectivity index (χ1v) is 6.66. The van der Waals surface area contributed by atoms with Gasteiger partial charge in [0, 0.05) is 11.5 Å². The summed E-state index contributed by atoms with van der Waals surface area (Å²) in [4.78, 5) is 0. The lowest BCUT2D eigenvalue weighted by molar-refractivity contribution is 0.650. The van der Waals surface area contributed by atoms with Gasteiger partial charge in [-0.05, 0) is 40.0 Å². The molecule has 1 unspecified atom stereocenters. The Morgan fingerprint density at radius 1 is 1.35 bits per heavy atom. The number of nitrogens with zero attached hydrogens (tertiary/aromatic N) is 3. The Kier molecular flexibility index (Phi) is 3.65. The SMILES string of the molecule is Cc1cc(C(N)c2c(Br)nnn2C)ccc1Br. The van der Waals surface area contributed by atoms with Crippen molar-refractivity contribution in [3.63, 3.8) is 0 Å². The molecule has 4 nitrogen and oxygen atoms in total. The van der Waals surface area contributed by atoms with Gasteiger partial charge in [0.25, 0.3) is 0 Å². The van der Waals surface area contributed by atoms with E-state index in [0.717, 1.165) is 21.3 Å². The molecule has 0 spiro atoms. The van der Waals surface area contributed by atoms with Gasteiger partial charge < -0.3 is 5.73 Å². The maximum atomic E-state index is 6.24. The lowest BCUT2D eigenvalue weighted by Crippen LogP contribution is -2.16. The second kappa shape index (κ2) is 4.88. The normalized spacial score (nSPS) is 12.8. The molecule has 2 aromatic rings. The van der Waals surface area contributed by atoms with Crippen molar-refractivity contribution in [2.24, 2.45) is 12.8 Å². The van der Waals surface area contributed by atoms with Crippen molar-refractivity contribution >= 4 is 31.9 Å². The van der Waals surface area contributed by atoms with Crippen LogP contribution in [-0.4, -0.2) is 15.0 Å². The van der Waals surface area contributed by atoms with Gasteiger partial charge in [0.05, 0.1) is 11.7 Å². The molecule has 17 heavy (non-hydrogen) atoms. The monoisotopic (exact) mass is 358 g/mol. The van der Waals surface area contributed by atoms with Gasteiger partial charge >= 0.3 is 0 Å². The van der Waals surface area contributed by atoms with E-state index in [4.69, 9.17) is 5.73 Å². The summed E-state index contributed by atoms with van der Waals surface area (Å²) >= 11 is 6.84. The van der Waals surface area contributed by atoms with Crippen molar-refractivity contribution in [2.75, 3.05) is 0 Å². The summed E-state index contributed by atoms with van der Waals surface area (Å²) < 4.78 is 3.45. The van der Waals surface area contributed by atoms with Crippen LogP contribution in [0.15, 0.2) is 27.3 Å². The average Bonchev–Trinajstić information content (AvgIpc) is 2.62. The second-order valence-electron chi connectivity index (χ2n) is 3.88. The first-order valence-electron chi connectivity index (χ1n) is 5.07. The molecular formula is C11H12Br2N4. The molecule has 0 aliphatic carbocycles. The fourth-order valence-corrected chi connectivity index (χ4v) is 2.51. The highest BCUT2D eigenvalue weighted by molar-refractivity contribution is 9.10. The van der Waals surface area contributed by atoms with E-state index < -0.39 is 0 Å². The Bertz CT molecular complexity index is 531. The van der Waals surface area contributed by atoms with E-state index >= 15 is 0 Å². The van der Waals surface area contributed by atoms with Gasteiger partial charge in [-0.25, -0.2) is 4.68 Å². The van der Waals surface area contributed by atoms with E-state index in [1.54, 1.807) is 4.68 Å². The van der Waals surface area contributed by atoms with Gasteiger partial charge in [0.1, 0.15) is 0 Å². The first kappa shape index (κ1) is 12.7. The van der Waals surface area contributed by atoms with E-state index in [9.17, 15) is 0 Å². The number of aryl methyl sites for hydroxylation is 2. The summed E-state index contributed by atoms with van der Waals surface area (Å²) in [7, 11) is 1.83. The lowest BCUT2D eigenvalue weighted by Gasteiger charge is -2.13. The molecule has 90 valence electrons. The van der Waals surface area contributed by atoms with E-state index in [0.29, 0.717) is 4.60 Å². The molecule has 0 bridgehead atoms. The van der Waals surface area contributed by atoms with Gasteiger partial charge in [0.15, 0.2) is 4.60 Å². The van der Waals surface area contributed by atoms with Crippen LogP contribution < -0.4 is 5.73 Å².